The molecule has 0 fully saturated rings. The van der Waals surface area contributed by atoms with Crippen LogP contribution in [0.5, 0.6) is 5.75 Å². The summed E-state index contributed by atoms with van der Waals surface area (Å²) < 4.78 is 24.9. The van der Waals surface area contributed by atoms with Gasteiger partial charge in [-0.15, -0.1) is 0 Å². The summed E-state index contributed by atoms with van der Waals surface area (Å²) in [5, 5.41) is 8.98. The molecule has 0 heterocycles. The van der Waals surface area contributed by atoms with Crippen molar-refractivity contribution in [1.82, 2.24) is 4.72 Å². The van der Waals surface area contributed by atoms with Crippen LogP contribution >= 0.6 is 10.8 Å². The number of hydrogen-bond donors (Lipinski definition) is 2. The Labute approximate surface area is 86.8 Å². The van der Waals surface area contributed by atoms with E-state index in [0.717, 1.165) is 10.8 Å². The summed E-state index contributed by atoms with van der Waals surface area (Å²) in [6, 6.07) is 6.00. The third kappa shape index (κ3) is 3.57. The zero-order valence-electron chi connectivity index (χ0n) is 7.60. The molecule has 6 heteroatoms. The van der Waals surface area contributed by atoms with E-state index in [-0.39, 0.29) is 5.75 Å². The number of hydrogen-bond acceptors (Lipinski definition) is 4. The fourth-order valence-corrected chi connectivity index (χ4v) is 3.37. The molecule has 14 heavy (non-hydrogen) atoms. The highest BCUT2D eigenvalue weighted by Gasteiger charge is 2.10. The van der Waals surface area contributed by atoms with E-state index in [9.17, 15) is 8.42 Å². The van der Waals surface area contributed by atoms with Gasteiger partial charge < -0.3 is 5.11 Å². The highest BCUT2D eigenvalue weighted by atomic mass is 33.1. The summed E-state index contributed by atoms with van der Waals surface area (Å²) in [6.45, 7) is 2.09. The molecule has 1 aromatic rings. The van der Waals surface area contributed by atoms with Crippen LogP contribution in [-0.4, -0.2) is 20.1 Å². The molecule has 0 radical (unpaired) electrons. The highest BCUT2D eigenvalue weighted by molar-refractivity contribution is 8.71. The minimum Gasteiger partial charge on any atom is -0.508 e. The Morgan fingerprint density at radius 2 is 1.93 bits per heavy atom. The number of benzene rings is 1. The molecule has 0 bridgehead atoms. The van der Waals surface area contributed by atoms with Gasteiger partial charge in [0.15, 0.2) is 0 Å². The SMILES string of the molecule is CCNS(=O)(=O)Sc1ccc(O)cc1. The van der Waals surface area contributed by atoms with E-state index in [0.29, 0.717) is 11.4 Å². The Morgan fingerprint density at radius 3 is 2.43 bits per heavy atom. The van der Waals surface area contributed by atoms with E-state index >= 15 is 0 Å². The van der Waals surface area contributed by atoms with Crippen LogP contribution in [0.1, 0.15) is 6.92 Å². The Balaban J connectivity index is 2.74. The van der Waals surface area contributed by atoms with Gasteiger partial charge in [0.2, 0.25) is 0 Å². The molecule has 0 spiro atoms. The summed E-state index contributed by atoms with van der Waals surface area (Å²) in [5.41, 5.74) is 0. The fraction of sp³-hybridized carbons (Fsp3) is 0.250. The van der Waals surface area contributed by atoms with Crippen LogP contribution in [0.4, 0.5) is 0 Å². The monoisotopic (exact) mass is 233 g/mol. The molecule has 0 saturated heterocycles. The van der Waals surface area contributed by atoms with Gasteiger partial charge in [0.25, 0.3) is 9.06 Å². The molecular formula is C8H11NO3S2. The predicted octanol–water partition coefficient (Wildman–Crippen LogP) is 1.34. The quantitative estimate of drug-likeness (QED) is 0.770. The first-order chi connectivity index (χ1) is 6.53. The van der Waals surface area contributed by atoms with Crippen LogP contribution in [0, 0.1) is 0 Å². The lowest BCUT2D eigenvalue weighted by atomic mass is 10.3. The van der Waals surface area contributed by atoms with Gasteiger partial charge in [-0.1, -0.05) is 6.92 Å². The summed E-state index contributed by atoms with van der Waals surface area (Å²) in [4.78, 5) is 0.573. The van der Waals surface area contributed by atoms with Gasteiger partial charge in [0, 0.05) is 22.2 Å². The molecule has 2 N–H and O–H groups in total. The summed E-state index contributed by atoms with van der Waals surface area (Å²) in [5.74, 6) is 0.121. The van der Waals surface area contributed by atoms with E-state index < -0.39 is 9.06 Å². The topological polar surface area (TPSA) is 66.4 Å². The lowest BCUT2D eigenvalue weighted by Gasteiger charge is -2.02. The molecule has 1 aromatic carbocycles. The smallest absolute Gasteiger partial charge is 0.269 e. The summed E-state index contributed by atoms with van der Waals surface area (Å²) in [6.07, 6.45) is 0. The molecule has 0 aliphatic rings. The Kier molecular flexibility index (Phi) is 3.79. The molecule has 1 rings (SSSR count). The number of phenolic OH excluding ortho intramolecular Hbond substituents is 1. The molecule has 0 unspecified atom stereocenters. The second-order valence-electron chi connectivity index (χ2n) is 2.53. The molecular weight excluding hydrogens is 222 g/mol. The lowest BCUT2D eigenvalue weighted by molar-refractivity contribution is 0.475. The van der Waals surface area contributed by atoms with Crippen LogP contribution in [0.2, 0.25) is 0 Å². The zero-order valence-corrected chi connectivity index (χ0v) is 9.23. The largest absolute Gasteiger partial charge is 0.508 e. The third-order valence-corrected chi connectivity index (χ3v) is 4.28. The average Bonchev–Trinajstić information content (AvgIpc) is 2.08. The molecule has 0 aliphatic carbocycles. The number of rotatable bonds is 4. The van der Waals surface area contributed by atoms with E-state index in [4.69, 9.17) is 5.11 Å². The van der Waals surface area contributed by atoms with Crippen LogP contribution < -0.4 is 4.72 Å². The van der Waals surface area contributed by atoms with Gasteiger partial charge in [-0.05, 0) is 24.3 Å². The first-order valence-corrected chi connectivity index (χ1v) is 6.83. The van der Waals surface area contributed by atoms with Crippen molar-refractivity contribution >= 4 is 19.8 Å². The van der Waals surface area contributed by atoms with Crippen molar-refractivity contribution in [3.05, 3.63) is 24.3 Å². The van der Waals surface area contributed by atoms with Crippen LogP contribution in [-0.2, 0) is 9.06 Å². The maximum Gasteiger partial charge on any atom is 0.269 e. The molecule has 0 amide bonds. The Morgan fingerprint density at radius 1 is 1.36 bits per heavy atom. The van der Waals surface area contributed by atoms with Gasteiger partial charge >= 0.3 is 0 Å². The summed E-state index contributed by atoms with van der Waals surface area (Å²) >= 11 is 0. The molecule has 0 aromatic heterocycles. The maximum atomic E-state index is 11.3. The molecule has 0 saturated carbocycles. The maximum absolute atomic E-state index is 11.3. The minimum atomic E-state index is -3.31. The van der Waals surface area contributed by atoms with Crippen molar-refractivity contribution in [2.45, 2.75) is 11.8 Å². The van der Waals surface area contributed by atoms with Crippen molar-refractivity contribution < 1.29 is 13.5 Å². The Bertz CT molecular complexity index is 386. The summed E-state index contributed by atoms with van der Waals surface area (Å²) in [7, 11) is -2.58. The second-order valence-corrected chi connectivity index (χ2v) is 6.18. The van der Waals surface area contributed by atoms with E-state index in [1.165, 1.54) is 12.1 Å². The molecule has 4 nitrogen and oxygen atoms in total. The lowest BCUT2D eigenvalue weighted by Crippen LogP contribution is -2.19. The van der Waals surface area contributed by atoms with Crippen molar-refractivity contribution in [2.24, 2.45) is 0 Å². The number of aromatic hydroxyl groups is 1. The predicted molar refractivity (Wildman–Crippen MR) is 56.6 cm³/mol. The minimum absolute atomic E-state index is 0.121. The van der Waals surface area contributed by atoms with Gasteiger partial charge in [0.05, 0.1) is 0 Å². The van der Waals surface area contributed by atoms with E-state index in [1.807, 2.05) is 0 Å². The molecule has 0 aliphatic heterocycles. The van der Waals surface area contributed by atoms with Crippen molar-refractivity contribution in [2.75, 3.05) is 6.54 Å². The second kappa shape index (κ2) is 4.68. The zero-order chi connectivity index (χ0) is 10.6. The first kappa shape index (κ1) is 11.4. The van der Waals surface area contributed by atoms with Gasteiger partial charge in [-0.3, -0.25) is 0 Å². The first-order valence-electron chi connectivity index (χ1n) is 4.01. The third-order valence-electron chi connectivity index (χ3n) is 1.36. The number of nitrogens with one attached hydrogen (secondary N) is 1. The van der Waals surface area contributed by atoms with E-state index in [1.54, 1.807) is 19.1 Å². The van der Waals surface area contributed by atoms with Crippen LogP contribution in [0.3, 0.4) is 0 Å². The normalized spacial score (nSPS) is 11.5. The molecule has 78 valence electrons. The van der Waals surface area contributed by atoms with Crippen molar-refractivity contribution in [3.8, 4) is 5.75 Å². The van der Waals surface area contributed by atoms with Gasteiger partial charge in [0.1, 0.15) is 5.75 Å². The van der Waals surface area contributed by atoms with E-state index in [2.05, 4.69) is 4.72 Å². The van der Waals surface area contributed by atoms with Crippen LogP contribution in [0.15, 0.2) is 29.2 Å². The highest BCUT2D eigenvalue weighted by Crippen LogP contribution is 2.24. The van der Waals surface area contributed by atoms with Gasteiger partial charge in [-0.2, -0.15) is 0 Å². The van der Waals surface area contributed by atoms with Crippen molar-refractivity contribution in [3.63, 3.8) is 0 Å². The van der Waals surface area contributed by atoms with Crippen LogP contribution in [0.25, 0.3) is 0 Å². The average molecular weight is 233 g/mol. The molecule has 0 atom stereocenters. The van der Waals surface area contributed by atoms with Gasteiger partial charge in [-0.25, -0.2) is 13.1 Å². The fourth-order valence-electron chi connectivity index (χ4n) is 0.835. The van der Waals surface area contributed by atoms with Crippen molar-refractivity contribution in [1.29, 1.82) is 0 Å². The number of phenols is 1. The standard InChI is InChI=1S/C8H11NO3S2/c1-2-9-14(11,12)13-8-5-3-7(10)4-6-8/h3-6,9-10H,2H2,1H3. The Hall–Kier alpha value is -0.720.